The first kappa shape index (κ1) is 16.2. The molecule has 25 heavy (non-hydrogen) atoms. The molecule has 0 atom stereocenters. The molecular weight excluding hydrogens is 310 g/mol. The van der Waals surface area contributed by atoms with Crippen molar-refractivity contribution in [1.82, 2.24) is 4.90 Å². The molecule has 2 aliphatic heterocycles. The number of urea groups is 1. The summed E-state index contributed by atoms with van der Waals surface area (Å²) < 4.78 is 0. The van der Waals surface area contributed by atoms with E-state index in [0.717, 1.165) is 48.4 Å². The largest absolute Gasteiger partial charge is 0.326 e. The molecule has 1 saturated heterocycles. The first-order valence-corrected chi connectivity index (χ1v) is 9.18. The molecule has 2 aromatic rings. The highest BCUT2D eigenvalue weighted by atomic mass is 16.2. The molecule has 0 spiro atoms. The molecule has 0 saturated carbocycles. The third kappa shape index (κ3) is 2.91. The third-order valence-electron chi connectivity index (χ3n) is 5.44. The van der Waals surface area contributed by atoms with Gasteiger partial charge in [-0.1, -0.05) is 36.4 Å². The quantitative estimate of drug-likeness (QED) is 0.872. The van der Waals surface area contributed by atoms with Crippen molar-refractivity contribution in [3.05, 3.63) is 48.5 Å². The fourth-order valence-electron chi connectivity index (χ4n) is 4.05. The van der Waals surface area contributed by atoms with Crippen LogP contribution in [-0.4, -0.2) is 36.1 Å². The second kappa shape index (κ2) is 6.52. The van der Waals surface area contributed by atoms with Crippen molar-refractivity contribution in [3.63, 3.8) is 0 Å². The van der Waals surface area contributed by atoms with Crippen LogP contribution in [0.5, 0.6) is 0 Å². The van der Waals surface area contributed by atoms with Crippen LogP contribution in [0.1, 0.15) is 26.7 Å². The van der Waals surface area contributed by atoms with Crippen LogP contribution in [0.3, 0.4) is 0 Å². The number of rotatable bonds is 2. The highest BCUT2D eigenvalue weighted by molar-refractivity contribution is 6.10. The van der Waals surface area contributed by atoms with Gasteiger partial charge in [0, 0.05) is 36.3 Å². The van der Waals surface area contributed by atoms with Gasteiger partial charge in [0.05, 0.1) is 11.4 Å². The lowest BCUT2D eigenvalue weighted by atomic mass is 9.98. The monoisotopic (exact) mass is 335 g/mol. The second-order valence-electron chi connectivity index (χ2n) is 7.22. The highest BCUT2D eigenvalue weighted by Crippen LogP contribution is 2.40. The number of para-hydroxylation sites is 2. The molecule has 2 aromatic carbocycles. The maximum Gasteiger partial charge on any atom is 0.326 e. The SMILES string of the molecule is CC(C)N1CCC(N2C(=O)Nc3ccccc3-c3ccccc32)CC1. The number of hydrogen-bond donors (Lipinski definition) is 1. The number of likely N-dealkylation sites (tertiary alicyclic amines) is 1. The van der Waals surface area contributed by atoms with Crippen LogP contribution in [0.25, 0.3) is 11.1 Å². The summed E-state index contributed by atoms with van der Waals surface area (Å²) in [5.41, 5.74) is 4.13. The van der Waals surface area contributed by atoms with Crippen LogP contribution in [0.15, 0.2) is 48.5 Å². The van der Waals surface area contributed by atoms with Crippen molar-refractivity contribution in [1.29, 1.82) is 0 Å². The molecule has 4 rings (SSSR count). The Labute approximate surface area is 149 Å². The molecule has 4 heteroatoms. The van der Waals surface area contributed by atoms with Gasteiger partial charge in [-0.2, -0.15) is 0 Å². The maximum atomic E-state index is 13.1. The number of benzene rings is 2. The normalized spacial score (nSPS) is 18.5. The van der Waals surface area contributed by atoms with E-state index in [0.29, 0.717) is 6.04 Å². The Morgan fingerprint density at radius 3 is 2.32 bits per heavy atom. The van der Waals surface area contributed by atoms with Crippen molar-refractivity contribution < 1.29 is 4.79 Å². The molecule has 130 valence electrons. The van der Waals surface area contributed by atoms with E-state index in [1.165, 1.54) is 0 Å². The fraction of sp³-hybridized carbons (Fsp3) is 0.381. The average molecular weight is 335 g/mol. The first-order chi connectivity index (χ1) is 12.1. The van der Waals surface area contributed by atoms with Crippen LogP contribution < -0.4 is 10.2 Å². The first-order valence-electron chi connectivity index (χ1n) is 9.18. The Balaban J connectivity index is 1.71. The van der Waals surface area contributed by atoms with E-state index >= 15 is 0 Å². The van der Waals surface area contributed by atoms with Crippen molar-refractivity contribution in [2.75, 3.05) is 23.3 Å². The highest BCUT2D eigenvalue weighted by Gasteiger charge is 2.33. The van der Waals surface area contributed by atoms with Crippen molar-refractivity contribution >= 4 is 17.4 Å². The minimum atomic E-state index is -0.0135. The van der Waals surface area contributed by atoms with Crippen molar-refractivity contribution in [2.45, 2.75) is 38.8 Å². The molecule has 1 fully saturated rings. The zero-order valence-corrected chi connectivity index (χ0v) is 14.9. The molecule has 2 heterocycles. The van der Waals surface area contributed by atoms with E-state index in [9.17, 15) is 4.79 Å². The summed E-state index contributed by atoms with van der Waals surface area (Å²) in [6.07, 6.45) is 2.02. The van der Waals surface area contributed by atoms with Crippen LogP contribution >= 0.6 is 0 Å². The fourth-order valence-corrected chi connectivity index (χ4v) is 4.05. The van der Waals surface area contributed by atoms with Gasteiger partial charge in [-0.15, -0.1) is 0 Å². The summed E-state index contributed by atoms with van der Waals surface area (Å²) in [5, 5.41) is 3.12. The lowest BCUT2D eigenvalue weighted by Gasteiger charge is -2.39. The molecule has 2 aliphatic rings. The zero-order chi connectivity index (χ0) is 17.4. The van der Waals surface area contributed by atoms with E-state index in [1.54, 1.807) is 0 Å². The standard InChI is InChI=1S/C21H25N3O/c1-15(2)23-13-11-16(12-14-23)24-20-10-6-4-8-18(20)17-7-3-5-9-19(17)22-21(24)25/h3-10,15-16H,11-14H2,1-2H3,(H,22,25). The Kier molecular flexibility index (Phi) is 4.22. The molecule has 0 aliphatic carbocycles. The van der Waals surface area contributed by atoms with Gasteiger partial charge in [-0.3, -0.25) is 4.90 Å². The molecule has 0 radical (unpaired) electrons. The van der Waals surface area contributed by atoms with E-state index in [2.05, 4.69) is 42.3 Å². The van der Waals surface area contributed by atoms with E-state index in [-0.39, 0.29) is 12.1 Å². The Hall–Kier alpha value is -2.33. The molecule has 0 unspecified atom stereocenters. The number of hydrogen-bond acceptors (Lipinski definition) is 2. The molecular formula is C21H25N3O. The second-order valence-corrected chi connectivity index (χ2v) is 7.22. The van der Waals surface area contributed by atoms with Gasteiger partial charge in [0.1, 0.15) is 0 Å². The summed E-state index contributed by atoms with van der Waals surface area (Å²) in [6, 6.07) is 17.1. The van der Waals surface area contributed by atoms with Gasteiger partial charge >= 0.3 is 6.03 Å². The number of carbonyl (C=O) groups is 1. The molecule has 4 nitrogen and oxygen atoms in total. The Morgan fingerprint density at radius 2 is 1.60 bits per heavy atom. The van der Waals surface area contributed by atoms with Crippen LogP contribution in [0.2, 0.25) is 0 Å². The maximum absolute atomic E-state index is 13.1. The predicted octanol–water partition coefficient (Wildman–Crippen LogP) is 4.58. The summed E-state index contributed by atoms with van der Waals surface area (Å²) in [4.78, 5) is 17.5. The number of carbonyl (C=O) groups excluding carboxylic acids is 1. The molecule has 2 amide bonds. The number of fused-ring (bicyclic) bond motifs is 3. The minimum absolute atomic E-state index is 0.0135. The van der Waals surface area contributed by atoms with Crippen molar-refractivity contribution in [2.24, 2.45) is 0 Å². The molecule has 1 N–H and O–H groups in total. The van der Waals surface area contributed by atoms with Gasteiger partial charge in [0.2, 0.25) is 0 Å². The topological polar surface area (TPSA) is 35.6 Å². The van der Waals surface area contributed by atoms with Crippen LogP contribution in [0, 0.1) is 0 Å². The zero-order valence-electron chi connectivity index (χ0n) is 14.9. The van der Waals surface area contributed by atoms with E-state index in [4.69, 9.17) is 0 Å². The Morgan fingerprint density at radius 1 is 0.960 bits per heavy atom. The molecule has 0 bridgehead atoms. The number of nitrogens with one attached hydrogen (secondary N) is 1. The third-order valence-corrected chi connectivity index (χ3v) is 5.44. The predicted molar refractivity (Wildman–Crippen MR) is 103 cm³/mol. The smallest absolute Gasteiger partial charge is 0.307 e. The minimum Gasteiger partial charge on any atom is -0.307 e. The van der Waals surface area contributed by atoms with Gasteiger partial charge in [-0.25, -0.2) is 4.79 Å². The van der Waals surface area contributed by atoms with Crippen molar-refractivity contribution in [3.8, 4) is 11.1 Å². The summed E-state index contributed by atoms with van der Waals surface area (Å²) in [5.74, 6) is 0. The van der Waals surface area contributed by atoms with E-state index in [1.807, 2.05) is 35.2 Å². The van der Waals surface area contributed by atoms with Crippen LogP contribution in [0.4, 0.5) is 16.2 Å². The number of anilines is 2. The van der Waals surface area contributed by atoms with Gasteiger partial charge in [0.25, 0.3) is 0 Å². The van der Waals surface area contributed by atoms with Crippen LogP contribution in [-0.2, 0) is 0 Å². The number of nitrogens with zero attached hydrogens (tertiary/aromatic N) is 2. The summed E-state index contributed by atoms with van der Waals surface area (Å²) in [7, 11) is 0. The van der Waals surface area contributed by atoms with Gasteiger partial charge in [0.15, 0.2) is 0 Å². The molecule has 0 aromatic heterocycles. The summed E-state index contributed by atoms with van der Waals surface area (Å²) in [6.45, 7) is 6.57. The lowest BCUT2D eigenvalue weighted by Crippen LogP contribution is -2.50. The number of amides is 2. The van der Waals surface area contributed by atoms with Gasteiger partial charge < -0.3 is 10.2 Å². The lowest BCUT2D eigenvalue weighted by molar-refractivity contribution is 0.170. The van der Waals surface area contributed by atoms with E-state index < -0.39 is 0 Å². The Bertz CT molecular complexity index is 778. The summed E-state index contributed by atoms with van der Waals surface area (Å²) >= 11 is 0. The number of piperidine rings is 1. The van der Waals surface area contributed by atoms with Gasteiger partial charge in [-0.05, 0) is 38.8 Å². The average Bonchev–Trinajstić information content (AvgIpc) is 2.75.